The largest absolute Gasteiger partial charge is 1.00 e. The molecule has 15 heteroatoms. The van der Waals surface area contributed by atoms with Gasteiger partial charge in [-0.2, -0.15) is 0 Å². The molecule has 0 unspecified atom stereocenters. The van der Waals surface area contributed by atoms with Crippen LogP contribution in [0.2, 0.25) is 5.02 Å². The van der Waals surface area contributed by atoms with Gasteiger partial charge in [0.15, 0.2) is 18.4 Å². The number of aryl methyl sites for hydroxylation is 2. The highest BCUT2D eigenvalue weighted by molar-refractivity contribution is 6.61. The average molecular weight is 1030 g/mol. The Morgan fingerprint density at radius 1 is 0.753 bits per heavy atom. The second-order valence-electron chi connectivity index (χ2n) is 19.9. The van der Waals surface area contributed by atoms with Gasteiger partial charge in [0.2, 0.25) is 5.52 Å². The summed E-state index contributed by atoms with van der Waals surface area (Å²) in [7, 11) is -1.47. The van der Waals surface area contributed by atoms with Gasteiger partial charge in [0.25, 0.3) is 0 Å². The number of carbonyl (C=O) groups is 2. The fraction of sp³-hybridized carbons (Fsp3) is 0.310. The number of benzene rings is 6. The Kier molecular flexibility index (Phi) is 16.7. The summed E-state index contributed by atoms with van der Waals surface area (Å²) in [6, 6.07) is 31.4. The van der Waals surface area contributed by atoms with Crippen molar-refractivity contribution in [2.24, 2.45) is 0 Å². The molecular formula is C58H61BCl2N2O10. The normalized spacial score (nSPS) is 13.6. The Bertz CT molecular complexity index is 3330. The molecule has 6 aromatic carbocycles. The number of H-pyrrole nitrogens is 1. The van der Waals surface area contributed by atoms with Gasteiger partial charge < -0.3 is 51.2 Å². The molecule has 2 atom stereocenters. The number of pyridine rings is 2. The van der Waals surface area contributed by atoms with Crippen molar-refractivity contribution in [3.8, 4) is 22.6 Å². The zero-order valence-corrected chi connectivity index (χ0v) is 44.1. The Labute approximate surface area is 437 Å². The summed E-state index contributed by atoms with van der Waals surface area (Å²) in [4.78, 5) is 32.8. The van der Waals surface area contributed by atoms with Crippen LogP contribution in [0.1, 0.15) is 94.1 Å². The van der Waals surface area contributed by atoms with E-state index in [1.807, 2.05) is 147 Å². The molecule has 0 amide bonds. The summed E-state index contributed by atoms with van der Waals surface area (Å²) in [5.74, 6) is 0.200. The van der Waals surface area contributed by atoms with Crippen molar-refractivity contribution in [3.63, 3.8) is 0 Å². The molecule has 4 N–H and O–H groups in total. The molecule has 0 aliphatic carbocycles. The standard InChI is InChI=1S/C28H27NO4.C19H23ClO3.C11H10BNO3.ClH/c1-16-15-18-7-5-6-8-19(18)24(22(16)26(27(30)31)33-28(2,3)4)20-9-10-21-23-17(12-14-32-21)11-13-29-25(20)23;1-6-22-18(21)17(23-19(3,4)5)15-12(2)11-13-9-7-8-10-14(13)16(15)20;14-12(15)8-1-2-9-10-7(4-6-16-9)3-5-13-11(8)10;/h5-11,13,15,26H,12,14H2,1-4H3,(H,30,31);7-11,17H,6H2,1-5H3;1-3,5,14-15H,4,6H2;1H/t26-;17-;;/m00../s1. The summed E-state index contributed by atoms with van der Waals surface area (Å²) in [6.45, 7) is 18.6. The Morgan fingerprint density at radius 2 is 1.32 bits per heavy atom. The highest BCUT2D eigenvalue weighted by Gasteiger charge is 2.34. The number of hydrogen-bond donors (Lipinski definition) is 3. The van der Waals surface area contributed by atoms with Crippen LogP contribution in [0.5, 0.6) is 11.5 Å². The van der Waals surface area contributed by atoms with Gasteiger partial charge in [0, 0.05) is 52.6 Å². The van der Waals surface area contributed by atoms with E-state index in [0.29, 0.717) is 41.4 Å². The first-order chi connectivity index (χ1) is 34.3. The molecule has 2 aliphatic rings. The molecule has 73 heavy (non-hydrogen) atoms. The number of carbonyl (C=O) groups excluding carboxylic acids is 1. The second-order valence-corrected chi connectivity index (χ2v) is 20.3. The predicted octanol–water partition coefficient (Wildman–Crippen LogP) is 7.73. The fourth-order valence-electron chi connectivity index (χ4n) is 9.59. The maximum absolute atomic E-state index is 12.5. The van der Waals surface area contributed by atoms with Crippen molar-refractivity contribution in [2.45, 2.75) is 98.6 Å². The van der Waals surface area contributed by atoms with E-state index in [1.165, 1.54) is 11.1 Å². The van der Waals surface area contributed by atoms with Crippen LogP contribution in [0, 0.1) is 13.8 Å². The number of carboxylic acids is 1. The molecule has 0 saturated heterocycles. The number of fused-ring (bicyclic) bond motifs is 2. The summed E-state index contributed by atoms with van der Waals surface area (Å²) in [6.07, 6.45) is 3.36. The maximum atomic E-state index is 12.5. The Balaban J connectivity index is 0.000000170. The van der Waals surface area contributed by atoms with Gasteiger partial charge in [-0.1, -0.05) is 78.3 Å². The number of nitrogens with zero attached hydrogens (tertiary/aromatic N) is 1. The quantitative estimate of drug-likeness (QED) is 0.0957. The lowest BCUT2D eigenvalue weighted by molar-refractivity contribution is -0.344. The predicted molar refractivity (Wildman–Crippen MR) is 283 cm³/mol. The van der Waals surface area contributed by atoms with Gasteiger partial charge in [-0.25, -0.2) is 14.6 Å². The van der Waals surface area contributed by atoms with Gasteiger partial charge >= 0.3 is 19.1 Å². The number of nitrogens with one attached hydrogen (secondary N) is 1. The van der Waals surface area contributed by atoms with E-state index in [1.54, 1.807) is 19.1 Å². The smallest absolute Gasteiger partial charge is 0.495 e. The molecular weight excluding hydrogens is 966 g/mol. The summed E-state index contributed by atoms with van der Waals surface area (Å²) >= 11 is 6.63. The first-order valence-corrected chi connectivity index (χ1v) is 24.6. The van der Waals surface area contributed by atoms with E-state index >= 15 is 0 Å². The van der Waals surface area contributed by atoms with Gasteiger partial charge in [-0.15, -0.1) is 0 Å². The molecule has 8 aromatic rings. The topological polar surface area (TPSA) is 168 Å². The van der Waals surface area contributed by atoms with Crippen molar-refractivity contribution in [3.05, 3.63) is 148 Å². The third-order valence-electron chi connectivity index (χ3n) is 12.5. The van der Waals surface area contributed by atoms with Crippen molar-refractivity contribution in [2.75, 3.05) is 19.8 Å². The molecule has 4 heterocycles. The number of aromatic nitrogens is 2. The zero-order chi connectivity index (χ0) is 51.6. The lowest BCUT2D eigenvalue weighted by Crippen LogP contribution is -3.00. The third kappa shape index (κ3) is 11.7. The summed E-state index contributed by atoms with van der Waals surface area (Å²) in [5.41, 5.74) is 8.15. The number of hydrogen-bond acceptors (Lipinski definition) is 10. The van der Waals surface area contributed by atoms with Crippen molar-refractivity contribution in [1.29, 1.82) is 0 Å². The SMILES string of the molecule is CCOC(=O)[C@@H](OC(C)(C)C)c1c(C)cc2ccccc2c1Cl.Cc1cc2ccccc2c(-c2ccc3c4c(ccnc24)CCO3)c1[C@H](OC(C)(C)C)C(=O)O.OB(O)c1ccc2c3c(cc[nH+]c13)CCO2.[Cl-]. The van der Waals surface area contributed by atoms with E-state index < -0.39 is 42.5 Å². The van der Waals surface area contributed by atoms with Crippen LogP contribution in [0.3, 0.4) is 0 Å². The molecule has 0 spiro atoms. The van der Waals surface area contributed by atoms with Crippen molar-refractivity contribution >= 4 is 79.5 Å². The number of esters is 1. The first-order valence-electron chi connectivity index (χ1n) is 24.2. The lowest BCUT2D eigenvalue weighted by Gasteiger charge is -2.29. The van der Waals surface area contributed by atoms with Crippen LogP contribution in [-0.2, 0) is 36.6 Å². The first kappa shape index (κ1) is 54.5. The summed E-state index contributed by atoms with van der Waals surface area (Å²) < 4.78 is 28.8. The minimum Gasteiger partial charge on any atom is -1.00 e. The Hall–Kier alpha value is -6.32. The van der Waals surface area contributed by atoms with Crippen LogP contribution in [0.4, 0.5) is 0 Å². The van der Waals surface area contributed by atoms with Crippen LogP contribution in [0.25, 0.3) is 54.5 Å². The van der Waals surface area contributed by atoms with Gasteiger partial charge in [0.05, 0.1) is 52.4 Å². The van der Waals surface area contributed by atoms with Crippen LogP contribution >= 0.6 is 11.6 Å². The Morgan fingerprint density at radius 3 is 1.93 bits per heavy atom. The molecule has 0 fully saturated rings. The minimum atomic E-state index is -1.47. The number of halogens is 2. The third-order valence-corrected chi connectivity index (χ3v) is 12.9. The molecule has 12 nitrogen and oxygen atoms in total. The summed E-state index contributed by atoms with van der Waals surface area (Å²) in [5, 5.41) is 35.3. The van der Waals surface area contributed by atoms with E-state index in [9.17, 15) is 24.7 Å². The highest BCUT2D eigenvalue weighted by Crippen LogP contribution is 2.45. The molecule has 0 saturated carbocycles. The molecule has 0 radical (unpaired) electrons. The number of aliphatic carboxylic acids is 1. The van der Waals surface area contributed by atoms with E-state index in [2.05, 4.69) is 11.1 Å². The molecule has 0 bridgehead atoms. The van der Waals surface area contributed by atoms with Gasteiger partial charge in [-0.3, -0.25) is 4.98 Å². The fourth-order valence-corrected chi connectivity index (χ4v) is 10.0. The van der Waals surface area contributed by atoms with Crippen LogP contribution < -0.4 is 32.3 Å². The van der Waals surface area contributed by atoms with Gasteiger partial charge in [0.1, 0.15) is 11.5 Å². The van der Waals surface area contributed by atoms with E-state index in [-0.39, 0.29) is 12.4 Å². The van der Waals surface area contributed by atoms with E-state index in [4.69, 9.17) is 40.3 Å². The number of aromatic amines is 1. The zero-order valence-electron chi connectivity index (χ0n) is 42.6. The van der Waals surface area contributed by atoms with Crippen LogP contribution in [-0.4, -0.2) is 70.2 Å². The average Bonchev–Trinajstić information content (AvgIpc) is 3.33. The van der Waals surface area contributed by atoms with E-state index in [0.717, 1.165) is 89.9 Å². The molecule has 2 aliphatic heterocycles. The number of carboxylic acid groups (broad SMARTS) is 1. The second kappa shape index (κ2) is 22.4. The lowest BCUT2D eigenvalue weighted by atomic mass is 9.78. The van der Waals surface area contributed by atoms with Crippen molar-refractivity contribution in [1.82, 2.24) is 4.98 Å². The number of ether oxygens (including phenoxy) is 5. The minimum absolute atomic E-state index is 0. The number of rotatable bonds is 9. The molecule has 380 valence electrons. The molecule has 10 rings (SSSR count). The monoisotopic (exact) mass is 1030 g/mol. The van der Waals surface area contributed by atoms with Crippen LogP contribution in [0.15, 0.2) is 109 Å². The maximum Gasteiger partial charge on any atom is 0.495 e. The molecule has 2 aromatic heterocycles. The highest BCUT2D eigenvalue weighted by atomic mass is 35.5. The van der Waals surface area contributed by atoms with Crippen molar-refractivity contribution < 1.29 is 65.8 Å². The van der Waals surface area contributed by atoms with Gasteiger partial charge in [-0.05, 0) is 131 Å².